The fraction of sp³-hybridized carbons (Fsp3) is 0.133. The van der Waals surface area contributed by atoms with Crippen molar-refractivity contribution in [2.24, 2.45) is 0 Å². The number of benzene rings is 2. The van der Waals surface area contributed by atoms with Gasteiger partial charge in [0.25, 0.3) is 0 Å². The number of nitrogens with zero attached hydrogens (tertiary/aromatic N) is 1. The summed E-state index contributed by atoms with van der Waals surface area (Å²) in [5.41, 5.74) is 6.27. The molecule has 0 aliphatic carbocycles. The molecule has 1 heterocycles. The van der Waals surface area contributed by atoms with Crippen LogP contribution in [0.5, 0.6) is 0 Å². The summed E-state index contributed by atoms with van der Waals surface area (Å²) >= 11 is 1.81. The second-order valence-corrected chi connectivity index (χ2v) is 5.14. The number of para-hydroxylation sites is 1. The molecule has 3 heteroatoms. The maximum Gasteiger partial charge on any atom is 0.226 e. The van der Waals surface area contributed by atoms with Crippen LogP contribution >= 0.6 is 11.3 Å². The fourth-order valence-corrected chi connectivity index (χ4v) is 3.13. The summed E-state index contributed by atoms with van der Waals surface area (Å²) in [6, 6.07) is 17.1. The summed E-state index contributed by atoms with van der Waals surface area (Å²) < 4.78 is 3.70. The molecule has 0 spiro atoms. The number of thiazole rings is 1. The molecule has 1 aromatic heterocycles. The minimum Gasteiger partial charge on any atom is -1.00 e. The highest BCUT2D eigenvalue weighted by Gasteiger charge is 2.13. The molecule has 0 unspecified atom stereocenters. The maximum atomic E-state index is 2.34. The Morgan fingerprint density at radius 1 is 1.00 bits per heavy atom. The lowest BCUT2D eigenvalue weighted by atomic mass is 10.2. The Morgan fingerprint density at radius 2 is 1.78 bits per heavy atom. The second kappa shape index (κ2) is 5.63. The van der Waals surface area contributed by atoms with Crippen molar-refractivity contribution in [1.82, 2.24) is 0 Å². The highest BCUT2D eigenvalue weighted by molar-refractivity contribution is 7.16. The molecule has 92 valence electrons. The number of aromatic nitrogens is 1. The van der Waals surface area contributed by atoms with Crippen LogP contribution in [0.4, 0.5) is 0 Å². The quantitative estimate of drug-likeness (QED) is 0.607. The molecule has 2 aromatic carbocycles. The van der Waals surface area contributed by atoms with Crippen molar-refractivity contribution in [2.45, 2.75) is 13.5 Å². The van der Waals surface area contributed by atoms with E-state index in [-0.39, 0.29) is 17.0 Å². The number of hydrogen-bond acceptors (Lipinski definition) is 1. The molecule has 0 bridgehead atoms. The number of halogens is 1. The van der Waals surface area contributed by atoms with Crippen LogP contribution in [0.25, 0.3) is 10.2 Å². The van der Waals surface area contributed by atoms with E-state index in [0.29, 0.717) is 0 Å². The van der Waals surface area contributed by atoms with Gasteiger partial charge in [0.15, 0.2) is 6.54 Å². The van der Waals surface area contributed by atoms with Crippen molar-refractivity contribution < 1.29 is 21.5 Å². The van der Waals surface area contributed by atoms with Gasteiger partial charge in [-0.3, -0.25) is 0 Å². The van der Waals surface area contributed by atoms with E-state index in [0.717, 1.165) is 6.54 Å². The highest BCUT2D eigenvalue weighted by atomic mass is 79.9. The minimum atomic E-state index is 0. The average molecular weight is 320 g/mol. The Bertz CT molecular complexity index is 646. The molecule has 0 fully saturated rings. The Hall–Kier alpha value is -1.19. The van der Waals surface area contributed by atoms with Crippen LogP contribution in [0, 0.1) is 6.92 Å². The predicted molar refractivity (Wildman–Crippen MR) is 72.3 cm³/mol. The van der Waals surface area contributed by atoms with Crippen LogP contribution in [0.15, 0.2) is 54.0 Å². The van der Waals surface area contributed by atoms with Crippen LogP contribution in [0.3, 0.4) is 0 Å². The van der Waals surface area contributed by atoms with E-state index >= 15 is 0 Å². The number of fused-ring (bicyclic) bond motifs is 1. The standard InChI is InChI=1S/C15H14NS.BrH/c1-12-6-5-9-14-15(12)16(11-17-14)10-13-7-3-2-4-8-13;/h2-9,11H,10H2,1H3;1H/q+1;/p-1. The van der Waals surface area contributed by atoms with Crippen LogP contribution < -0.4 is 21.5 Å². The zero-order chi connectivity index (χ0) is 11.7. The highest BCUT2D eigenvalue weighted by Crippen LogP contribution is 2.19. The van der Waals surface area contributed by atoms with Gasteiger partial charge in [-0.25, -0.2) is 0 Å². The lowest BCUT2D eigenvalue weighted by molar-refractivity contribution is -0.658. The summed E-state index contributed by atoms with van der Waals surface area (Å²) in [4.78, 5) is 0. The van der Waals surface area contributed by atoms with Crippen molar-refractivity contribution in [2.75, 3.05) is 0 Å². The Labute approximate surface area is 121 Å². The van der Waals surface area contributed by atoms with E-state index in [2.05, 4.69) is 65.5 Å². The number of aryl methyl sites for hydroxylation is 1. The molecule has 0 radical (unpaired) electrons. The Kier molecular flexibility index (Phi) is 4.15. The third kappa shape index (κ3) is 2.47. The largest absolute Gasteiger partial charge is 1.00 e. The van der Waals surface area contributed by atoms with Crippen molar-refractivity contribution in [3.05, 3.63) is 65.2 Å². The topological polar surface area (TPSA) is 3.88 Å². The van der Waals surface area contributed by atoms with Crippen molar-refractivity contribution >= 4 is 21.6 Å². The minimum absolute atomic E-state index is 0. The summed E-state index contributed by atoms with van der Waals surface area (Å²) in [5.74, 6) is 0. The number of hydrogen-bond donors (Lipinski definition) is 0. The normalized spacial score (nSPS) is 10.3. The first-order valence-electron chi connectivity index (χ1n) is 5.75. The zero-order valence-corrected chi connectivity index (χ0v) is 12.5. The molecule has 0 aliphatic rings. The Balaban J connectivity index is 0.00000120. The van der Waals surface area contributed by atoms with Gasteiger partial charge in [0.2, 0.25) is 11.0 Å². The smallest absolute Gasteiger partial charge is 0.226 e. The van der Waals surface area contributed by atoms with Crippen molar-refractivity contribution in [3.63, 3.8) is 0 Å². The first kappa shape index (κ1) is 13.2. The maximum absolute atomic E-state index is 2.34. The molecule has 0 saturated heterocycles. The van der Waals surface area contributed by atoms with Gasteiger partial charge in [0.05, 0.1) is 0 Å². The molecule has 0 aliphatic heterocycles. The monoisotopic (exact) mass is 319 g/mol. The van der Waals surface area contributed by atoms with Gasteiger partial charge >= 0.3 is 0 Å². The zero-order valence-electron chi connectivity index (χ0n) is 10.1. The van der Waals surface area contributed by atoms with Crippen LogP contribution in [0.2, 0.25) is 0 Å². The van der Waals surface area contributed by atoms with Crippen LogP contribution in [0.1, 0.15) is 11.1 Å². The SMILES string of the molecule is Cc1cccc2sc[n+](Cc3ccccc3)c12.[Br-]. The molecule has 1 nitrogen and oxygen atoms in total. The first-order valence-corrected chi connectivity index (χ1v) is 6.63. The third-order valence-corrected chi connectivity index (χ3v) is 3.93. The fourth-order valence-electron chi connectivity index (χ4n) is 2.16. The van der Waals surface area contributed by atoms with Gasteiger partial charge in [0, 0.05) is 11.1 Å². The van der Waals surface area contributed by atoms with Gasteiger partial charge < -0.3 is 17.0 Å². The molecular weight excluding hydrogens is 306 g/mol. The van der Waals surface area contributed by atoms with E-state index in [1.165, 1.54) is 21.3 Å². The van der Waals surface area contributed by atoms with Gasteiger partial charge in [0.1, 0.15) is 4.70 Å². The number of rotatable bonds is 2. The molecule has 0 N–H and O–H groups in total. The summed E-state index contributed by atoms with van der Waals surface area (Å²) in [5, 5.41) is 0. The molecule has 0 atom stereocenters. The molecule has 3 rings (SSSR count). The molecule has 3 aromatic rings. The second-order valence-electron chi connectivity index (χ2n) is 4.26. The lowest BCUT2D eigenvalue weighted by Crippen LogP contribution is -3.00. The molecule has 18 heavy (non-hydrogen) atoms. The predicted octanol–water partition coefficient (Wildman–Crippen LogP) is 0.550. The van der Waals surface area contributed by atoms with Gasteiger partial charge in [-0.15, -0.1) is 0 Å². The molecular formula is C15H14BrNS. The first-order chi connectivity index (χ1) is 8.34. The van der Waals surface area contributed by atoms with Crippen LogP contribution in [-0.2, 0) is 6.54 Å². The van der Waals surface area contributed by atoms with Crippen LogP contribution in [-0.4, -0.2) is 0 Å². The van der Waals surface area contributed by atoms with E-state index in [9.17, 15) is 0 Å². The van der Waals surface area contributed by atoms with Crippen molar-refractivity contribution in [1.29, 1.82) is 0 Å². The summed E-state index contributed by atoms with van der Waals surface area (Å²) in [6.45, 7) is 3.13. The third-order valence-electron chi connectivity index (χ3n) is 2.99. The van der Waals surface area contributed by atoms with E-state index < -0.39 is 0 Å². The van der Waals surface area contributed by atoms with E-state index in [1.807, 2.05) is 11.3 Å². The molecule has 0 amide bonds. The molecule has 0 saturated carbocycles. The van der Waals surface area contributed by atoms with Gasteiger partial charge in [-0.1, -0.05) is 53.8 Å². The van der Waals surface area contributed by atoms with E-state index in [4.69, 9.17) is 0 Å². The summed E-state index contributed by atoms with van der Waals surface area (Å²) in [6.07, 6.45) is 0. The summed E-state index contributed by atoms with van der Waals surface area (Å²) in [7, 11) is 0. The Morgan fingerprint density at radius 3 is 2.56 bits per heavy atom. The van der Waals surface area contributed by atoms with Gasteiger partial charge in [-0.05, 0) is 13.0 Å². The average Bonchev–Trinajstić information content (AvgIpc) is 2.75. The van der Waals surface area contributed by atoms with Crippen molar-refractivity contribution in [3.8, 4) is 0 Å². The van der Waals surface area contributed by atoms with Gasteiger partial charge in [-0.2, -0.15) is 4.57 Å². The van der Waals surface area contributed by atoms with E-state index in [1.54, 1.807) is 0 Å². The lowest BCUT2D eigenvalue weighted by Gasteiger charge is -1.97.